The smallest absolute Gasteiger partial charge is 0.248 e. The second kappa shape index (κ2) is 7.12. The quantitative estimate of drug-likeness (QED) is 0.853. The topological polar surface area (TPSA) is 69.6 Å². The van der Waals surface area contributed by atoms with Crippen molar-refractivity contribution in [2.45, 2.75) is 57.2 Å². The van der Waals surface area contributed by atoms with Gasteiger partial charge in [-0.05, 0) is 50.8 Å². The molecule has 0 bridgehead atoms. The fraction of sp³-hybridized carbons (Fsp3) is 0.579. The van der Waals surface area contributed by atoms with E-state index in [9.17, 15) is 19.1 Å². The van der Waals surface area contributed by atoms with E-state index in [-0.39, 0.29) is 35.5 Å². The largest absolute Gasteiger partial charge is 0.391 e. The fourth-order valence-electron chi connectivity index (χ4n) is 3.50. The van der Waals surface area contributed by atoms with Crippen LogP contribution >= 0.6 is 0 Å². The molecule has 4 atom stereocenters. The van der Waals surface area contributed by atoms with Crippen molar-refractivity contribution in [2.75, 3.05) is 6.54 Å². The number of halogens is 1. The summed E-state index contributed by atoms with van der Waals surface area (Å²) in [6, 6.07) is 5.45. The van der Waals surface area contributed by atoms with Crippen molar-refractivity contribution in [3.05, 3.63) is 35.6 Å². The number of benzene rings is 1. The van der Waals surface area contributed by atoms with Gasteiger partial charge in [0.15, 0.2) is 0 Å². The molecule has 1 heterocycles. The molecule has 2 N–H and O–H groups in total. The highest BCUT2D eigenvalue weighted by Gasteiger charge is 2.40. The van der Waals surface area contributed by atoms with E-state index in [4.69, 9.17) is 0 Å². The van der Waals surface area contributed by atoms with Gasteiger partial charge in [-0.3, -0.25) is 9.59 Å². The molecule has 6 heteroatoms. The molecular formula is C19H25FN2O3. The van der Waals surface area contributed by atoms with E-state index in [0.29, 0.717) is 6.54 Å². The predicted molar refractivity (Wildman–Crippen MR) is 91.3 cm³/mol. The van der Waals surface area contributed by atoms with Crippen molar-refractivity contribution in [3.63, 3.8) is 0 Å². The van der Waals surface area contributed by atoms with E-state index in [1.165, 1.54) is 19.1 Å². The van der Waals surface area contributed by atoms with E-state index >= 15 is 0 Å². The van der Waals surface area contributed by atoms with Crippen LogP contribution in [-0.2, 0) is 9.59 Å². The Labute approximate surface area is 147 Å². The normalized spacial score (nSPS) is 25.5. The molecule has 25 heavy (non-hydrogen) atoms. The molecule has 2 fully saturated rings. The minimum Gasteiger partial charge on any atom is -0.391 e. The van der Waals surface area contributed by atoms with Crippen molar-refractivity contribution in [1.29, 1.82) is 0 Å². The van der Waals surface area contributed by atoms with E-state index in [1.807, 2.05) is 6.92 Å². The zero-order valence-corrected chi connectivity index (χ0v) is 14.6. The molecule has 1 aromatic rings. The summed E-state index contributed by atoms with van der Waals surface area (Å²) < 4.78 is 13.1. The summed E-state index contributed by atoms with van der Waals surface area (Å²) in [5.41, 5.74) is 0.999. The summed E-state index contributed by atoms with van der Waals surface area (Å²) in [6.07, 6.45) is 1.52. The molecule has 2 amide bonds. The van der Waals surface area contributed by atoms with E-state index in [1.54, 1.807) is 17.0 Å². The molecule has 5 nitrogen and oxygen atoms in total. The van der Waals surface area contributed by atoms with Gasteiger partial charge in [0.2, 0.25) is 11.8 Å². The van der Waals surface area contributed by atoms with Crippen LogP contribution in [0.15, 0.2) is 24.3 Å². The van der Waals surface area contributed by atoms with Gasteiger partial charge in [0.25, 0.3) is 0 Å². The predicted octanol–water partition coefficient (Wildman–Crippen LogP) is 1.81. The van der Waals surface area contributed by atoms with Crippen LogP contribution in [-0.4, -0.2) is 46.6 Å². The summed E-state index contributed by atoms with van der Waals surface area (Å²) in [4.78, 5) is 26.6. The van der Waals surface area contributed by atoms with Gasteiger partial charge in [-0.1, -0.05) is 12.1 Å². The highest BCUT2D eigenvalue weighted by Crippen LogP contribution is 2.33. The molecule has 0 aromatic heterocycles. The standard InChI is InChI=1S/C19H25FN2O3/c1-11-9-15(13-5-7-16(20)8-6-13)10-22(11)19(25)17(12(2)23)21-18(24)14-3-4-14/h5-8,11-12,14-15,17,23H,3-4,9-10H2,1-2H3,(H,21,24). The molecule has 0 spiro atoms. The number of carbonyl (C=O) groups excluding carboxylic acids is 2. The van der Waals surface area contributed by atoms with Crippen molar-refractivity contribution >= 4 is 11.8 Å². The van der Waals surface area contributed by atoms with Crippen LogP contribution in [0, 0.1) is 11.7 Å². The lowest BCUT2D eigenvalue weighted by molar-refractivity contribution is -0.140. The molecule has 3 rings (SSSR count). The Morgan fingerprint density at radius 1 is 1.28 bits per heavy atom. The number of aliphatic hydroxyl groups is 1. The third-order valence-corrected chi connectivity index (χ3v) is 5.19. The zero-order valence-electron chi connectivity index (χ0n) is 14.6. The first kappa shape index (κ1) is 17.9. The van der Waals surface area contributed by atoms with Crippen LogP contribution < -0.4 is 5.32 Å². The average Bonchev–Trinajstić information content (AvgIpc) is 3.35. The van der Waals surface area contributed by atoms with E-state index < -0.39 is 12.1 Å². The van der Waals surface area contributed by atoms with Gasteiger partial charge in [-0.25, -0.2) is 4.39 Å². The highest BCUT2D eigenvalue weighted by molar-refractivity contribution is 5.90. The lowest BCUT2D eigenvalue weighted by Gasteiger charge is -2.29. The lowest BCUT2D eigenvalue weighted by atomic mass is 9.97. The Kier molecular flexibility index (Phi) is 5.08. The molecule has 1 aliphatic heterocycles. The first-order valence-corrected chi connectivity index (χ1v) is 8.91. The lowest BCUT2D eigenvalue weighted by Crippen LogP contribution is -2.54. The number of carbonyl (C=O) groups is 2. The first-order valence-electron chi connectivity index (χ1n) is 8.91. The number of hydrogen-bond donors (Lipinski definition) is 2. The Balaban J connectivity index is 1.69. The molecule has 1 saturated carbocycles. The van der Waals surface area contributed by atoms with E-state index in [0.717, 1.165) is 24.8 Å². The number of hydrogen-bond acceptors (Lipinski definition) is 3. The number of nitrogens with one attached hydrogen (secondary N) is 1. The average molecular weight is 348 g/mol. The van der Waals surface area contributed by atoms with Gasteiger partial charge in [0.1, 0.15) is 11.9 Å². The Hall–Kier alpha value is -1.95. The van der Waals surface area contributed by atoms with E-state index in [2.05, 4.69) is 5.32 Å². The minimum absolute atomic E-state index is 0.00151. The van der Waals surface area contributed by atoms with Crippen molar-refractivity contribution < 1.29 is 19.1 Å². The Bertz CT molecular complexity index is 643. The van der Waals surface area contributed by atoms with Crippen LogP contribution in [0.2, 0.25) is 0 Å². The third-order valence-electron chi connectivity index (χ3n) is 5.19. The molecule has 0 radical (unpaired) electrons. The number of rotatable bonds is 5. The molecule has 1 saturated heterocycles. The maximum Gasteiger partial charge on any atom is 0.248 e. The second-order valence-electron chi connectivity index (χ2n) is 7.32. The Morgan fingerprint density at radius 3 is 2.48 bits per heavy atom. The second-order valence-corrected chi connectivity index (χ2v) is 7.32. The maximum absolute atomic E-state index is 13.1. The molecule has 2 aliphatic rings. The van der Waals surface area contributed by atoms with Gasteiger partial charge in [0.05, 0.1) is 6.10 Å². The summed E-state index contributed by atoms with van der Waals surface area (Å²) in [7, 11) is 0. The summed E-state index contributed by atoms with van der Waals surface area (Å²) in [5, 5.41) is 12.7. The van der Waals surface area contributed by atoms with Gasteiger partial charge in [-0.15, -0.1) is 0 Å². The Morgan fingerprint density at radius 2 is 1.92 bits per heavy atom. The molecule has 4 unspecified atom stereocenters. The fourth-order valence-corrected chi connectivity index (χ4v) is 3.50. The highest BCUT2D eigenvalue weighted by atomic mass is 19.1. The van der Waals surface area contributed by atoms with Gasteiger partial charge < -0.3 is 15.3 Å². The minimum atomic E-state index is -0.952. The summed E-state index contributed by atoms with van der Waals surface area (Å²) in [6.45, 7) is 3.99. The van der Waals surface area contributed by atoms with Crippen molar-refractivity contribution in [1.82, 2.24) is 10.2 Å². The van der Waals surface area contributed by atoms with Crippen LogP contribution in [0.25, 0.3) is 0 Å². The summed E-state index contributed by atoms with van der Waals surface area (Å²) >= 11 is 0. The van der Waals surface area contributed by atoms with Crippen LogP contribution in [0.3, 0.4) is 0 Å². The van der Waals surface area contributed by atoms with Gasteiger partial charge in [0, 0.05) is 24.4 Å². The first-order chi connectivity index (χ1) is 11.9. The third kappa shape index (κ3) is 4.00. The molecule has 1 aliphatic carbocycles. The molecular weight excluding hydrogens is 323 g/mol. The number of amides is 2. The monoisotopic (exact) mass is 348 g/mol. The van der Waals surface area contributed by atoms with Crippen molar-refractivity contribution in [3.8, 4) is 0 Å². The van der Waals surface area contributed by atoms with Crippen molar-refractivity contribution in [2.24, 2.45) is 5.92 Å². The van der Waals surface area contributed by atoms with Crippen LogP contribution in [0.5, 0.6) is 0 Å². The van der Waals surface area contributed by atoms with Crippen LogP contribution in [0.1, 0.15) is 44.6 Å². The zero-order chi connectivity index (χ0) is 18.1. The maximum atomic E-state index is 13.1. The molecule has 136 valence electrons. The molecule has 1 aromatic carbocycles. The number of aliphatic hydroxyl groups excluding tert-OH is 1. The number of nitrogens with zero attached hydrogens (tertiary/aromatic N) is 1. The summed E-state index contributed by atoms with van der Waals surface area (Å²) in [5.74, 6) is -0.563. The van der Waals surface area contributed by atoms with Gasteiger partial charge in [-0.2, -0.15) is 0 Å². The van der Waals surface area contributed by atoms with Crippen LogP contribution in [0.4, 0.5) is 4.39 Å². The van der Waals surface area contributed by atoms with Gasteiger partial charge >= 0.3 is 0 Å². The SMILES string of the molecule is CC(O)C(NC(=O)C1CC1)C(=O)N1CC(c2ccc(F)cc2)CC1C. The number of likely N-dealkylation sites (tertiary alicyclic amines) is 1.